The van der Waals surface area contributed by atoms with Gasteiger partial charge in [-0.25, -0.2) is 0 Å². The van der Waals surface area contributed by atoms with Gasteiger partial charge in [-0.15, -0.1) is 0 Å². The van der Waals surface area contributed by atoms with E-state index in [0.717, 1.165) is 31.7 Å². The number of hydrogen-bond acceptors (Lipinski definition) is 4. The fourth-order valence-corrected chi connectivity index (χ4v) is 2.82. The topological polar surface area (TPSA) is 53.0 Å². The first-order chi connectivity index (χ1) is 10.0. The van der Waals surface area contributed by atoms with Gasteiger partial charge in [-0.05, 0) is 30.8 Å². The highest BCUT2D eigenvalue weighted by Gasteiger charge is 2.29. The van der Waals surface area contributed by atoms with Crippen LogP contribution in [0.5, 0.6) is 5.75 Å². The molecule has 1 atom stereocenters. The third-order valence-electron chi connectivity index (χ3n) is 3.92. The van der Waals surface area contributed by atoms with Crippen molar-refractivity contribution in [2.45, 2.75) is 12.5 Å². The highest BCUT2D eigenvalue weighted by Crippen LogP contribution is 2.25. The molecule has 0 radical (unpaired) electrons. The number of carbonyl (C=O) groups is 1. The summed E-state index contributed by atoms with van der Waals surface area (Å²) in [7, 11) is 3.63. The van der Waals surface area contributed by atoms with Crippen LogP contribution in [-0.4, -0.2) is 67.3 Å². The standard InChI is InChI=1S/C15H21ClN2O3/c1-17-5-7-18(8-6-17)13(15(19)20)10-11-9-12(16)3-4-14(11)21-2/h3-4,9,13H,5-8,10H2,1-2H3,(H,19,20). The van der Waals surface area contributed by atoms with Gasteiger partial charge in [0.25, 0.3) is 0 Å². The lowest BCUT2D eigenvalue weighted by atomic mass is 10.0. The largest absolute Gasteiger partial charge is 0.496 e. The lowest BCUT2D eigenvalue weighted by Gasteiger charge is -2.36. The zero-order chi connectivity index (χ0) is 15.4. The molecule has 1 heterocycles. The predicted octanol–water partition coefficient (Wildman–Crippen LogP) is 1.59. The molecule has 2 rings (SSSR count). The first kappa shape index (κ1) is 16.1. The summed E-state index contributed by atoms with van der Waals surface area (Å²) < 4.78 is 5.31. The third kappa shape index (κ3) is 4.09. The van der Waals surface area contributed by atoms with E-state index in [1.54, 1.807) is 25.3 Å². The van der Waals surface area contributed by atoms with Gasteiger partial charge in [0.1, 0.15) is 11.8 Å². The van der Waals surface area contributed by atoms with Crippen LogP contribution in [0.3, 0.4) is 0 Å². The normalized spacial score (nSPS) is 18.4. The van der Waals surface area contributed by atoms with E-state index in [2.05, 4.69) is 4.90 Å². The van der Waals surface area contributed by atoms with Crippen molar-refractivity contribution < 1.29 is 14.6 Å². The van der Waals surface area contributed by atoms with E-state index >= 15 is 0 Å². The van der Waals surface area contributed by atoms with Crippen LogP contribution in [0.2, 0.25) is 5.02 Å². The van der Waals surface area contributed by atoms with E-state index in [1.807, 2.05) is 11.9 Å². The highest BCUT2D eigenvalue weighted by atomic mass is 35.5. The van der Waals surface area contributed by atoms with E-state index in [4.69, 9.17) is 16.3 Å². The van der Waals surface area contributed by atoms with Crippen LogP contribution < -0.4 is 4.74 Å². The van der Waals surface area contributed by atoms with Crippen LogP contribution in [0.25, 0.3) is 0 Å². The van der Waals surface area contributed by atoms with Gasteiger partial charge in [0.05, 0.1) is 7.11 Å². The monoisotopic (exact) mass is 312 g/mol. The molecule has 21 heavy (non-hydrogen) atoms. The summed E-state index contributed by atoms with van der Waals surface area (Å²) >= 11 is 6.02. The Hall–Kier alpha value is -1.30. The molecule has 1 unspecified atom stereocenters. The number of ether oxygens (including phenoxy) is 1. The fourth-order valence-electron chi connectivity index (χ4n) is 2.62. The maximum absolute atomic E-state index is 11.6. The van der Waals surface area contributed by atoms with Crippen LogP contribution in [0.4, 0.5) is 0 Å². The Labute approximate surface area is 130 Å². The Morgan fingerprint density at radius 1 is 1.38 bits per heavy atom. The number of halogens is 1. The highest BCUT2D eigenvalue weighted by molar-refractivity contribution is 6.30. The molecule has 1 saturated heterocycles. The van der Waals surface area contributed by atoms with E-state index in [9.17, 15) is 9.90 Å². The molecule has 0 aromatic heterocycles. The smallest absolute Gasteiger partial charge is 0.321 e. The molecule has 5 nitrogen and oxygen atoms in total. The minimum absolute atomic E-state index is 0.392. The number of nitrogens with zero attached hydrogens (tertiary/aromatic N) is 2. The van der Waals surface area contributed by atoms with Crippen LogP contribution in [-0.2, 0) is 11.2 Å². The molecule has 1 N–H and O–H groups in total. The van der Waals surface area contributed by atoms with Crippen LogP contribution in [0.1, 0.15) is 5.56 Å². The molecule has 0 saturated carbocycles. The zero-order valence-electron chi connectivity index (χ0n) is 12.4. The van der Waals surface area contributed by atoms with Crippen molar-refractivity contribution in [2.75, 3.05) is 40.3 Å². The number of piperazine rings is 1. The number of carboxylic acids is 1. The van der Waals surface area contributed by atoms with Crippen molar-refractivity contribution in [2.24, 2.45) is 0 Å². The fraction of sp³-hybridized carbons (Fsp3) is 0.533. The number of likely N-dealkylation sites (N-methyl/N-ethyl adjacent to an activating group) is 1. The van der Waals surface area contributed by atoms with Crippen molar-refractivity contribution in [1.82, 2.24) is 9.80 Å². The number of carboxylic acid groups (broad SMARTS) is 1. The van der Waals surface area contributed by atoms with E-state index in [-0.39, 0.29) is 0 Å². The molecule has 1 aromatic rings. The van der Waals surface area contributed by atoms with Gasteiger partial charge in [0, 0.05) is 37.6 Å². The molecule has 0 bridgehead atoms. The van der Waals surface area contributed by atoms with Gasteiger partial charge >= 0.3 is 5.97 Å². The van der Waals surface area contributed by atoms with Crippen molar-refractivity contribution in [1.29, 1.82) is 0 Å². The lowest BCUT2D eigenvalue weighted by molar-refractivity contribution is -0.144. The van der Waals surface area contributed by atoms with Gasteiger partial charge in [-0.1, -0.05) is 11.6 Å². The summed E-state index contributed by atoms with van der Waals surface area (Å²) in [5.74, 6) is -0.124. The number of methoxy groups -OCH3 is 1. The van der Waals surface area contributed by atoms with Gasteiger partial charge in [-0.2, -0.15) is 0 Å². The maximum atomic E-state index is 11.6. The summed E-state index contributed by atoms with van der Waals surface area (Å²) in [4.78, 5) is 15.9. The number of rotatable bonds is 5. The van der Waals surface area contributed by atoms with Gasteiger partial charge in [0.2, 0.25) is 0 Å². The van der Waals surface area contributed by atoms with Gasteiger partial charge < -0.3 is 14.7 Å². The molecular weight excluding hydrogens is 292 g/mol. The molecule has 1 aliphatic heterocycles. The van der Waals surface area contributed by atoms with Gasteiger partial charge in [0.15, 0.2) is 0 Å². The number of hydrogen-bond donors (Lipinski definition) is 1. The van der Waals surface area contributed by atoms with Gasteiger partial charge in [-0.3, -0.25) is 9.69 Å². The molecule has 0 aliphatic carbocycles. The average molecular weight is 313 g/mol. The summed E-state index contributed by atoms with van der Waals surface area (Å²) in [5.41, 5.74) is 0.830. The quantitative estimate of drug-likeness (QED) is 0.895. The Kier molecular flexibility index (Phi) is 5.45. The summed E-state index contributed by atoms with van der Waals surface area (Å²) in [6, 6.07) is 4.76. The lowest BCUT2D eigenvalue weighted by Crippen LogP contribution is -2.52. The summed E-state index contributed by atoms with van der Waals surface area (Å²) in [5, 5.41) is 10.1. The summed E-state index contributed by atoms with van der Waals surface area (Å²) in [6.07, 6.45) is 0.392. The Morgan fingerprint density at radius 3 is 2.62 bits per heavy atom. The molecule has 0 amide bonds. The van der Waals surface area contributed by atoms with Crippen LogP contribution in [0, 0.1) is 0 Å². The molecule has 6 heteroatoms. The molecule has 1 fully saturated rings. The Morgan fingerprint density at radius 2 is 2.05 bits per heavy atom. The minimum Gasteiger partial charge on any atom is -0.496 e. The average Bonchev–Trinajstić information content (AvgIpc) is 2.46. The summed E-state index contributed by atoms with van der Waals surface area (Å²) in [6.45, 7) is 3.29. The van der Waals surface area contributed by atoms with Crippen LogP contribution >= 0.6 is 11.6 Å². The molecule has 116 valence electrons. The first-order valence-electron chi connectivity index (χ1n) is 6.99. The number of aliphatic carboxylic acids is 1. The Bertz CT molecular complexity index is 502. The molecule has 0 spiro atoms. The Balaban J connectivity index is 2.16. The first-order valence-corrected chi connectivity index (χ1v) is 7.37. The minimum atomic E-state index is -0.804. The maximum Gasteiger partial charge on any atom is 0.321 e. The van der Waals surface area contributed by atoms with Crippen molar-refractivity contribution in [3.63, 3.8) is 0 Å². The van der Waals surface area contributed by atoms with E-state index in [1.165, 1.54) is 0 Å². The molecule has 1 aliphatic rings. The third-order valence-corrected chi connectivity index (χ3v) is 4.15. The second-order valence-electron chi connectivity index (χ2n) is 5.35. The van der Waals surface area contributed by atoms with E-state index in [0.29, 0.717) is 17.2 Å². The molecular formula is C15H21ClN2O3. The second-order valence-corrected chi connectivity index (χ2v) is 5.79. The van der Waals surface area contributed by atoms with Crippen molar-refractivity contribution >= 4 is 17.6 Å². The number of benzene rings is 1. The zero-order valence-corrected chi connectivity index (χ0v) is 13.1. The van der Waals surface area contributed by atoms with Crippen molar-refractivity contribution in [3.8, 4) is 5.75 Å². The van der Waals surface area contributed by atoms with Crippen molar-refractivity contribution in [3.05, 3.63) is 28.8 Å². The van der Waals surface area contributed by atoms with E-state index < -0.39 is 12.0 Å². The SMILES string of the molecule is COc1ccc(Cl)cc1CC(C(=O)O)N1CCN(C)CC1. The second kappa shape index (κ2) is 7.11. The predicted molar refractivity (Wildman–Crippen MR) is 82.2 cm³/mol. The van der Waals surface area contributed by atoms with Crippen LogP contribution in [0.15, 0.2) is 18.2 Å². The molecule has 1 aromatic carbocycles.